The summed E-state index contributed by atoms with van der Waals surface area (Å²) in [4.78, 5) is 35.3. The van der Waals surface area contributed by atoms with E-state index in [2.05, 4.69) is 41.8 Å². The maximum Gasteiger partial charge on any atom is 0.407 e. The van der Waals surface area contributed by atoms with Crippen LogP contribution in [0, 0.1) is 5.92 Å². The highest BCUT2D eigenvalue weighted by Gasteiger charge is 2.29. The summed E-state index contributed by atoms with van der Waals surface area (Å²) in [6.07, 6.45) is 2.79. The van der Waals surface area contributed by atoms with E-state index in [0.29, 0.717) is 19.4 Å². The van der Waals surface area contributed by atoms with Gasteiger partial charge in [-0.3, -0.25) is 4.79 Å². The molecule has 0 fully saturated rings. The van der Waals surface area contributed by atoms with E-state index in [-0.39, 0.29) is 24.9 Å². The molecule has 4 N–H and O–H groups in total. The number of aliphatic hydroxyl groups excluding tert-OH is 1. The number of fused-ring (bicyclic) bond motifs is 3. The van der Waals surface area contributed by atoms with Crippen LogP contribution in [0.2, 0.25) is 0 Å². The van der Waals surface area contributed by atoms with Gasteiger partial charge >= 0.3 is 12.1 Å². The number of aliphatic hydroxyl groups is 1. The third kappa shape index (κ3) is 7.05. The number of benzene rings is 2. The third-order valence-electron chi connectivity index (χ3n) is 6.46. The molecule has 0 saturated carbocycles. The lowest BCUT2D eigenvalue weighted by Crippen LogP contribution is -2.43. The summed E-state index contributed by atoms with van der Waals surface area (Å²) in [5.74, 6) is -1.46. The molecule has 0 bridgehead atoms. The van der Waals surface area contributed by atoms with E-state index in [1.165, 1.54) is 11.1 Å². The number of aliphatic carboxylic acids is 1. The number of alkyl carbamates (subject to hydrolysis) is 1. The number of hydrogen-bond donors (Lipinski definition) is 4. The van der Waals surface area contributed by atoms with Gasteiger partial charge < -0.3 is 25.6 Å². The van der Waals surface area contributed by atoms with Crippen LogP contribution in [0.5, 0.6) is 0 Å². The molecular formula is C27H34N2O6. The second-order valence-electron chi connectivity index (χ2n) is 8.88. The molecule has 1 aliphatic carbocycles. The number of amides is 2. The first-order valence-electron chi connectivity index (χ1n) is 12.2. The normalized spacial score (nSPS) is 13.9. The average Bonchev–Trinajstić information content (AvgIpc) is 3.18. The molecule has 0 radical (unpaired) electrons. The van der Waals surface area contributed by atoms with E-state index >= 15 is 0 Å². The summed E-state index contributed by atoms with van der Waals surface area (Å²) in [6, 6.07) is 15.1. The van der Waals surface area contributed by atoms with Crippen molar-refractivity contribution in [3.05, 3.63) is 59.7 Å². The first-order chi connectivity index (χ1) is 16.9. The summed E-state index contributed by atoms with van der Waals surface area (Å²) in [6.45, 7) is 2.09. The Bertz CT molecular complexity index is 979. The first-order valence-corrected chi connectivity index (χ1v) is 12.2. The highest BCUT2D eigenvalue weighted by molar-refractivity contribution is 5.83. The van der Waals surface area contributed by atoms with Crippen LogP contribution in [0.3, 0.4) is 0 Å². The quantitative estimate of drug-likeness (QED) is 0.345. The van der Waals surface area contributed by atoms with Gasteiger partial charge in [-0.25, -0.2) is 9.59 Å². The highest BCUT2D eigenvalue weighted by Crippen LogP contribution is 2.44. The molecule has 8 heteroatoms. The van der Waals surface area contributed by atoms with Crippen molar-refractivity contribution in [2.45, 2.75) is 51.0 Å². The van der Waals surface area contributed by atoms with Gasteiger partial charge in [0.15, 0.2) is 0 Å². The van der Waals surface area contributed by atoms with Gasteiger partial charge in [-0.1, -0.05) is 68.3 Å². The molecule has 0 heterocycles. The van der Waals surface area contributed by atoms with Gasteiger partial charge in [-0.05, 0) is 41.0 Å². The molecular weight excluding hydrogens is 448 g/mol. The zero-order chi connectivity index (χ0) is 25.2. The van der Waals surface area contributed by atoms with E-state index in [0.717, 1.165) is 24.0 Å². The molecule has 0 saturated heterocycles. The number of carbonyl (C=O) groups is 3. The minimum atomic E-state index is -1.29. The Kier molecular flexibility index (Phi) is 9.66. The highest BCUT2D eigenvalue weighted by atomic mass is 16.5. The Balaban J connectivity index is 1.43. The van der Waals surface area contributed by atoms with Gasteiger partial charge in [0, 0.05) is 18.9 Å². The minimum Gasteiger partial charge on any atom is -0.480 e. The Morgan fingerprint density at radius 1 is 0.971 bits per heavy atom. The number of carboxylic acids is 1. The smallest absolute Gasteiger partial charge is 0.407 e. The van der Waals surface area contributed by atoms with Crippen molar-refractivity contribution in [2.24, 2.45) is 5.92 Å². The molecule has 2 amide bonds. The first kappa shape index (κ1) is 26.2. The minimum absolute atomic E-state index is 0.00745. The summed E-state index contributed by atoms with van der Waals surface area (Å²) < 4.78 is 5.56. The number of carboxylic acid groups (broad SMARTS) is 1. The number of rotatable bonds is 13. The molecule has 1 aliphatic rings. The lowest BCUT2D eigenvalue weighted by Gasteiger charge is -2.18. The Labute approximate surface area is 205 Å². The maximum absolute atomic E-state index is 12.4. The predicted octanol–water partition coefficient (Wildman–Crippen LogP) is 3.67. The van der Waals surface area contributed by atoms with Gasteiger partial charge in [0.1, 0.15) is 12.6 Å². The molecule has 1 unspecified atom stereocenters. The number of nitrogens with one attached hydrogen (secondary N) is 2. The Morgan fingerprint density at radius 2 is 1.60 bits per heavy atom. The van der Waals surface area contributed by atoms with Crippen molar-refractivity contribution in [1.82, 2.24) is 10.6 Å². The van der Waals surface area contributed by atoms with Crippen LogP contribution in [-0.4, -0.2) is 54.0 Å². The van der Waals surface area contributed by atoms with Gasteiger partial charge in [0.2, 0.25) is 5.91 Å². The fourth-order valence-electron chi connectivity index (χ4n) is 4.66. The SMILES string of the molecule is CCCC(CCNC(=O)OCC1c2ccccc2-c2ccccc21)CCC(=O)N[C@H](CO)C(=O)O. The standard InChI is InChI=1S/C27H34N2O6/c1-2-7-18(12-13-25(31)29-24(16-30)26(32)33)14-15-28-27(34)35-17-23-21-10-5-3-8-19(21)20-9-4-6-11-22(20)23/h3-6,8-11,18,23-24,30H,2,7,12-17H2,1H3,(H,28,34)(H,29,31)(H,32,33)/t18?,24-/m1/s1. The second-order valence-corrected chi connectivity index (χ2v) is 8.88. The number of hydrogen-bond acceptors (Lipinski definition) is 5. The van der Waals surface area contributed by atoms with Crippen LogP contribution < -0.4 is 10.6 Å². The largest absolute Gasteiger partial charge is 0.480 e. The lowest BCUT2D eigenvalue weighted by atomic mass is 9.94. The molecule has 35 heavy (non-hydrogen) atoms. The fourth-order valence-corrected chi connectivity index (χ4v) is 4.66. The zero-order valence-electron chi connectivity index (χ0n) is 20.0. The van der Waals surface area contributed by atoms with E-state index in [1.807, 2.05) is 24.3 Å². The molecule has 2 atom stereocenters. The van der Waals surface area contributed by atoms with E-state index in [9.17, 15) is 14.4 Å². The van der Waals surface area contributed by atoms with Crippen molar-refractivity contribution in [3.8, 4) is 11.1 Å². The van der Waals surface area contributed by atoms with Crippen molar-refractivity contribution in [3.63, 3.8) is 0 Å². The molecule has 2 aromatic rings. The summed E-state index contributed by atoms with van der Waals surface area (Å²) in [7, 11) is 0. The molecule has 8 nitrogen and oxygen atoms in total. The summed E-state index contributed by atoms with van der Waals surface area (Å²) >= 11 is 0. The predicted molar refractivity (Wildman–Crippen MR) is 132 cm³/mol. The van der Waals surface area contributed by atoms with Gasteiger partial charge in [0.05, 0.1) is 6.61 Å². The molecule has 3 rings (SSSR count). The second kappa shape index (κ2) is 12.9. The fraction of sp³-hybridized carbons (Fsp3) is 0.444. The van der Waals surface area contributed by atoms with Crippen molar-refractivity contribution in [2.75, 3.05) is 19.8 Å². The van der Waals surface area contributed by atoms with E-state index < -0.39 is 30.6 Å². The number of ether oxygens (including phenoxy) is 1. The van der Waals surface area contributed by atoms with Crippen molar-refractivity contribution >= 4 is 18.0 Å². The summed E-state index contributed by atoms with van der Waals surface area (Å²) in [5.41, 5.74) is 4.68. The topological polar surface area (TPSA) is 125 Å². The van der Waals surface area contributed by atoms with Gasteiger partial charge in [-0.15, -0.1) is 0 Å². The van der Waals surface area contributed by atoms with Crippen LogP contribution in [0.25, 0.3) is 11.1 Å². The molecule has 0 aliphatic heterocycles. The van der Waals surface area contributed by atoms with Crippen LogP contribution in [0.4, 0.5) is 4.79 Å². The summed E-state index contributed by atoms with van der Waals surface area (Å²) in [5, 5.41) is 23.1. The number of carbonyl (C=O) groups excluding carboxylic acids is 2. The average molecular weight is 483 g/mol. The molecule has 0 aromatic heterocycles. The molecule has 2 aromatic carbocycles. The van der Waals surface area contributed by atoms with Crippen LogP contribution >= 0.6 is 0 Å². The Morgan fingerprint density at radius 3 is 2.17 bits per heavy atom. The van der Waals surface area contributed by atoms with Crippen LogP contribution in [0.15, 0.2) is 48.5 Å². The molecule has 188 valence electrons. The van der Waals surface area contributed by atoms with E-state index in [4.69, 9.17) is 14.9 Å². The maximum atomic E-state index is 12.4. The third-order valence-corrected chi connectivity index (χ3v) is 6.46. The van der Waals surface area contributed by atoms with Crippen LogP contribution in [0.1, 0.15) is 56.1 Å². The van der Waals surface area contributed by atoms with Gasteiger partial charge in [-0.2, -0.15) is 0 Å². The van der Waals surface area contributed by atoms with Gasteiger partial charge in [0.25, 0.3) is 0 Å². The van der Waals surface area contributed by atoms with E-state index in [1.54, 1.807) is 0 Å². The molecule has 0 spiro atoms. The monoisotopic (exact) mass is 482 g/mol. The van der Waals surface area contributed by atoms with Crippen molar-refractivity contribution in [1.29, 1.82) is 0 Å². The Hall–Kier alpha value is -3.39. The lowest BCUT2D eigenvalue weighted by molar-refractivity contribution is -0.143. The zero-order valence-corrected chi connectivity index (χ0v) is 20.0. The van der Waals surface area contributed by atoms with Crippen LogP contribution in [-0.2, 0) is 14.3 Å². The van der Waals surface area contributed by atoms with Crippen molar-refractivity contribution < 1.29 is 29.3 Å².